The molecule has 0 bridgehead atoms. The van der Waals surface area contributed by atoms with Crippen LogP contribution in [0.5, 0.6) is 5.75 Å². The van der Waals surface area contributed by atoms with Crippen LogP contribution >= 0.6 is 0 Å². The summed E-state index contributed by atoms with van der Waals surface area (Å²) >= 11 is 0. The molecule has 1 rings (SSSR count). The lowest BCUT2D eigenvalue weighted by atomic mass is 10.1. The van der Waals surface area contributed by atoms with Crippen molar-refractivity contribution in [3.63, 3.8) is 0 Å². The summed E-state index contributed by atoms with van der Waals surface area (Å²) in [6.45, 7) is 4.85. The second kappa shape index (κ2) is 5.24. The second-order valence-electron chi connectivity index (χ2n) is 3.05. The van der Waals surface area contributed by atoms with Crippen molar-refractivity contribution in [3.05, 3.63) is 23.8 Å². The van der Waals surface area contributed by atoms with Crippen LogP contribution in [0, 0.1) is 0 Å². The number of carbonyl (C=O) groups excluding carboxylic acids is 1. The molecule has 0 aromatic heterocycles. The summed E-state index contributed by atoms with van der Waals surface area (Å²) in [7, 11) is 0. The number of benzene rings is 1. The second-order valence-corrected chi connectivity index (χ2v) is 3.05. The fourth-order valence-corrected chi connectivity index (χ4v) is 1.26. The monoisotopic (exact) mass is 208 g/mol. The van der Waals surface area contributed by atoms with E-state index < -0.39 is 0 Å². The highest BCUT2D eigenvalue weighted by atomic mass is 16.5. The number of nitrogens with two attached hydrogens (primary N) is 1. The number of rotatable bonds is 4. The smallest absolute Gasteiger partial charge is 0.255 e. The zero-order valence-electron chi connectivity index (χ0n) is 9.04. The molecule has 0 saturated carbocycles. The maximum atomic E-state index is 11.6. The van der Waals surface area contributed by atoms with Crippen LogP contribution in [0.1, 0.15) is 24.2 Å². The predicted octanol–water partition coefficient (Wildman–Crippen LogP) is 1.42. The molecular formula is C11H16N2O2. The molecule has 0 saturated heterocycles. The maximum Gasteiger partial charge on any atom is 0.255 e. The quantitative estimate of drug-likeness (QED) is 0.735. The first-order valence-corrected chi connectivity index (χ1v) is 4.99. The van der Waals surface area contributed by atoms with E-state index in [9.17, 15) is 4.79 Å². The van der Waals surface area contributed by atoms with E-state index >= 15 is 0 Å². The van der Waals surface area contributed by atoms with Gasteiger partial charge in [-0.1, -0.05) is 0 Å². The third-order valence-electron chi connectivity index (χ3n) is 1.89. The Morgan fingerprint density at radius 2 is 2.20 bits per heavy atom. The zero-order valence-corrected chi connectivity index (χ0v) is 9.04. The Balaban J connectivity index is 3.00. The van der Waals surface area contributed by atoms with Crippen molar-refractivity contribution in [2.45, 2.75) is 13.8 Å². The van der Waals surface area contributed by atoms with Gasteiger partial charge in [0.05, 0.1) is 12.2 Å². The highest BCUT2D eigenvalue weighted by molar-refractivity contribution is 5.97. The van der Waals surface area contributed by atoms with Crippen molar-refractivity contribution in [1.82, 2.24) is 5.32 Å². The van der Waals surface area contributed by atoms with E-state index in [2.05, 4.69) is 5.32 Å². The van der Waals surface area contributed by atoms with Crippen LogP contribution in [-0.4, -0.2) is 19.1 Å². The van der Waals surface area contributed by atoms with E-state index in [0.29, 0.717) is 30.2 Å². The van der Waals surface area contributed by atoms with E-state index in [1.165, 1.54) is 0 Å². The average molecular weight is 208 g/mol. The molecule has 0 radical (unpaired) electrons. The van der Waals surface area contributed by atoms with Crippen LogP contribution in [0.2, 0.25) is 0 Å². The van der Waals surface area contributed by atoms with Gasteiger partial charge in [0, 0.05) is 12.2 Å². The van der Waals surface area contributed by atoms with Crippen molar-refractivity contribution < 1.29 is 9.53 Å². The molecule has 0 fully saturated rings. The Morgan fingerprint density at radius 1 is 1.47 bits per heavy atom. The lowest BCUT2D eigenvalue weighted by Crippen LogP contribution is -2.23. The van der Waals surface area contributed by atoms with Crippen LogP contribution in [-0.2, 0) is 0 Å². The topological polar surface area (TPSA) is 64.4 Å². The third-order valence-corrected chi connectivity index (χ3v) is 1.89. The molecule has 3 N–H and O–H groups in total. The molecule has 0 aliphatic heterocycles. The Labute approximate surface area is 89.4 Å². The molecular weight excluding hydrogens is 192 g/mol. The van der Waals surface area contributed by atoms with Crippen molar-refractivity contribution >= 4 is 11.6 Å². The minimum atomic E-state index is -0.159. The summed E-state index contributed by atoms with van der Waals surface area (Å²) in [6, 6.07) is 5.05. The molecule has 0 spiro atoms. The van der Waals surface area contributed by atoms with Gasteiger partial charge in [-0.15, -0.1) is 0 Å². The Bertz CT molecular complexity index is 350. The lowest BCUT2D eigenvalue weighted by Gasteiger charge is -2.10. The molecule has 4 nitrogen and oxygen atoms in total. The van der Waals surface area contributed by atoms with Gasteiger partial charge in [-0.2, -0.15) is 0 Å². The van der Waals surface area contributed by atoms with Gasteiger partial charge in [-0.05, 0) is 32.0 Å². The molecule has 82 valence electrons. The molecule has 1 aromatic rings. The number of amides is 1. The van der Waals surface area contributed by atoms with Crippen molar-refractivity contribution in [2.75, 3.05) is 18.9 Å². The number of ether oxygens (including phenoxy) is 1. The van der Waals surface area contributed by atoms with Crippen LogP contribution < -0.4 is 15.8 Å². The number of carbonyl (C=O) groups is 1. The van der Waals surface area contributed by atoms with Gasteiger partial charge in [0.2, 0.25) is 0 Å². The number of hydrogen-bond acceptors (Lipinski definition) is 3. The number of anilines is 1. The zero-order chi connectivity index (χ0) is 11.3. The molecule has 0 heterocycles. The summed E-state index contributed by atoms with van der Waals surface area (Å²) in [4.78, 5) is 11.6. The van der Waals surface area contributed by atoms with Crippen molar-refractivity contribution in [3.8, 4) is 5.75 Å². The summed E-state index contributed by atoms with van der Waals surface area (Å²) < 4.78 is 5.34. The van der Waals surface area contributed by atoms with Gasteiger partial charge in [0.1, 0.15) is 5.75 Å². The fraction of sp³-hybridized carbons (Fsp3) is 0.364. The first-order chi connectivity index (χ1) is 7.19. The Kier molecular flexibility index (Phi) is 3.97. The largest absolute Gasteiger partial charge is 0.493 e. The number of nitrogens with one attached hydrogen (secondary N) is 1. The van der Waals surface area contributed by atoms with Gasteiger partial charge in [0.25, 0.3) is 5.91 Å². The molecule has 4 heteroatoms. The molecule has 0 unspecified atom stereocenters. The molecule has 1 aromatic carbocycles. The number of hydrogen-bond donors (Lipinski definition) is 2. The van der Waals surface area contributed by atoms with Gasteiger partial charge < -0.3 is 15.8 Å². The van der Waals surface area contributed by atoms with E-state index in [1.807, 2.05) is 13.8 Å². The minimum Gasteiger partial charge on any atom is -0.493 e. The maximum absolute atomic E-state index is 11.6. The van der Waals surface area contributed by atoms with Crippen molar-refractivity contribution in [1.29, 1.82) is 0 Å². The molecule has 0 aliphatic carbocycles. The van der Waals surface area contributed by atoms with Crippen molar-refractivity contribution in [2.24, 2.45) is 0 Å². The van der Waals surface area contributed by atoms with Crippen LogP contribution in [0.25, 0.3) is 0 Å². The predicted molar refractivity (Wildman–Crippen MR) is 60.0 cm³/mol. The van der Waals surface area contributed by atoms with E-state index in [4.69, 9.17) is 10.5 Å². The first-order valence-electron chi connectivity index (χ1n) is 4.99. The fourth-order valence-electron chi connectivity index (χ4n) is 1.26. The summed E-state index contributed by atoms with van der Waals surface area (Å²) in [5.41, 5.74) is 6.66. The molecule has 1 amide bonds. The first kappa shape index (κ1) is 11.4. The summed E-state index contributed by atoms with van der Waals surface area (Å²) in [5, 5.41) is 2.71. The van der Waals surface area contributed by atoms with E-state index in [0.717, 1.165) is 0 Å². The average Bonchev–Trinajstić information content (AvgIpc) is 2.21. The third kappa shape index (κ3) is 2.87. The highest BCUT2D eigenvalue weighted by Crippen LogP contribution is 2.21. The van der Waals surface area contributed by atoms with E-state index in [-0.39, 0.29) is 5.91 Å². The van der Waals surface area contributed by atoms with Crippen LogP contribution in [0.4, 0.5) is 5.69 Å². The molecule has 0 atom stereocenters. The van der Waals surface area contributed by atoms with Gasteiger partial charge >= 0.3 is 0 Å². The normalized spacial score (nSPS) is 9.73. The van der Waals surface area contributed by atoms with Crippen LogP contribution in [0.3, 0.4) is 0 Å². The molecule has 15 heavy (non-hydrogen) atoms. The van der Waals surface area contributed by atoms with Gasteiger partial charge in [-0.25, -0.2) is 0 Å². The Hall–Kier alpha value is -1.71. The molecule has 0 aliphatic rings. The van der Waals surface area contributed by atoms with E-state index in [1.54, 1.807) is 18.2 Å². The summed E-state index contributed by atoms with van der Waals surface area (Å²) in [6.07, 6.45) is 0. The van der Waals surface area contributed by atoms with Gasteiger partial charge in [-0.3, -0.25) is 4.79 Å². The van der Waals surface area contributed by atoms with Gasteiger partial charge in [0.15, 0.2) is 0 Å². The standard InChI is InChI=1S/C11H16N2O2/c1-3-13-11(14)9-7-8(12)5-6-10(9)15-4-2/h5-7H,3-4,12H2,1-2H3,(H,13,14). The lowest BCUT2D eigenvalue weighted by molar-refractivity contribution is 0.0952. The Morgan fingerprint density at radius 3 is 2.80 bits per heavy atom. The van der Waals surface area contributed by atoms with Crippen LogP contribution in [0.15, 0.2) is 18.2 Å². The summed E-state index contributed by atoms with van der Waals surface area (Å²) in [5.74, 6) is 0.408. The minimum absolute atomic E-state index is 0.159. The number of nitrogen functional groups attached to an aromatic ring is 1. The SMILES string of the molecule is CCNC(=O)c1cc(N)ccc1OCC. The highest BCUT2D eigenvalue weighted by Gasteiger charge is 2.11.